The molecule has 3 aromatic rings. The minimum absolute atomic E-state index is 0.00591. The summed E-state index contributed by atoms with van der Waals surface area (Å²) in [6.45, 7) is 9.24. The van der Waals surface area contributed by atoms with E-state index < -0.39 is 0 Å². The fourth-order valence-corrected chi connectivity index (χ4v) is 4.06. The Hall–Kier alpha value is -2.77. The lowest BCUT2D eigenvalue weighted by atomic mass is 10.1. The van der Waals surface area contributed by atoms with Crippen LogP contribution in [-0.4, -0.2) is 45.2 Å². The Morgan fingerprint density at radius 2 is 1.90 bits per heavy atom. The third kappa shape index (κ3) is 5.89. The molecule has 0 aliphatic rings. The number of carbonyl (C=O) groups is 1. The maximum atomic E-state index is 12.7. The van der Waals surface area contributed by atoms with Crippen molar-refractivity contribution in [2.24, 2.45) is 0 Å². The Kier molecular flexibility index (Phi) is 8.14. The van der Waals surface area contributed by atoms with Gasteiger partial charge in [0, 0.05) is 25.1 Å². The molecule has 6 nitrogen and oxygen atoms in total. The van der Waals surface area contributed by atoms with Crippen molar-refractivity contribution in [2.75, 3.05) is 19.6 Å². The molecule has 0 aliphatic heterocycles. The van der Waals surface area contributed by atoms with E-state index in [1.807, 2.05) is 47.9 Å². The number of rotatable bonds is 10. The van der Waals surface area contributed by atoms with Crippen molar-refractivity contribution < 1.29 is 4.79 Å². The summed E-state index contributed by atoms with van der Waals surface area (Å²) in [5, 5.41) is 10.4. The molecule has 0 aliphatic carbocycles. The molecule has 1 amide bonds. The minimum atomic E-state index is 0.00591. The molecule has 1 aromatic heterocycles. The Balaban J connectivity index is 1.65. The van der Waals surface area contributed by atoms with Gasteiger partial charge >= 0.3 is 0 Å². The molecule has 1 heterocycles. The molecular formula is C24H31N5OS. The first-order valence-electron chi connectivity index (χ1n) is 10.8. The van der Waals surface area contributed by atoms with Crippen molar-refractivity contribution in [3.8, 4) is 11.4 Å². The van der Waals surface area contributed by atoms with E-state index in [1.165, 1.54) is 5.56 Å². The van der Waals surface area contributed by atoms with Crippen LogP contribution in [0, 0.1) is 11.7 Å². The van der Waals surface area contributed by atoms with Gasteiger partial charge in [-0.3, -0.25) is 19.4 Å². The average molecular weight is 438 g/mol. The van der Waals surface area contributed by atoms with Gasteiger partial charge in [0.1, 0.15) is 0 Å². The molecule has 0 unspecified atom stereocenters. The predicted molar refractivity (Wildman–Crippen MR) is 127 cm³/mol. The standard InChI is InChI=1S/C24H31N5OS/c1-4-28(5-2)21(19-11-7-6-8-12-19)17-25-22(30)14-15-29-23(26-27-24(29)31)20-13-9-10-18(3)16-20/h6-13,16,21H,4-5,14-15,17H2,1-3H3,(H,25,30)(H,27,31)/t21-/m0/s1. The zero-order valence-electron chi connectivity index (χ0n) is 18.5. The molecule has 7 heteroatoms. The number of nitrogens with one attached hydrogen (secondary N) is 2. The van der Waals surface area contributed by atoms with Crippen molar-refractivity contribution in [1.82, 2.24) is 25.0 Å². The second kappa shape index (κ2) is 11.0. The summed E-state index contributed by atoms with van der Waals surface area (Å²) in [6.07, 6.45) is 0.340. The molecule has 0 saturated carbocycles. The number of aryl methyl sites for hydroxylation is 1. The van der Waals surface area contributed by atoms with Crippen molar-refractivity contribution >= 4 is 18.1 Å². The minimum Gasteiger partial charge on any atom is -0.354 e. The molecule has 0 spiro atoms. The summed E-state index contributed by atoms with van der Waals surface area (Å²) in [5.41, 5.74) is 3.35. The molecule has 164 valence electrons. The zero-order valence-corrected chi connectivity index (χ0v) is 19.3. The molecule has 31 heavy (non-hydrogen) atoms. The highest BCUT2D eigenvalue weighted by Crippen LogP contribution is 2.20. The number of amides is 1. The summed E-state index contributed by atoms with van der Waals surface area (Å²) in [4.78, 5) is 15.0. The molecule has 1 atom stereocenters. The SMILES string of the molecule is CCN(CC)[C@@H](CNC(=O)CCn1c(-c2cccc(C)c2)n[nH]c1=S)c1ccccc1. The lowest BCUT2D eigenvalue weighted by molar-refractivity contribution is -0.121. The Labute approximate surface area is 189 Å². The van der Waals surface area contributed by atoms with E-state index in [9.17, 15) is 4.79 Å². The Morgan fingerprint density at radius 1 is 1.16 bits per heavy atom. The van der Waals surface area contributed by atoms with Crippen LogP contribution in [0.2, 0.25) is 0 Å². The van der Waals surface area contributed by atoms with Gasteiger partial charge < -0.3 is 5.32 Å². The van der Waals surface area contributed by atoms with Crippen LogP contribution in [0.1, 0.15) is 37.4 Å². The predicted octanol–water partition coefficient (Wildman–Crippen LogP) is 4.51. The van der Waals surface area contributed by atoms with Crippen LogP contribution in [0.25, 0.3) is 11.4 Å². The number of H-pyrrole nitrogens is 1. The number of benzene rings is 2. The number of hydrogen-bond donors (Lipinski definition) is 2. The fraction of sp³-hybridized carbons (Fsp3) is 0.375. The first-order chi connectivity index (χ1) is 15.0. The molecule has 0 bridgehead atoms. The van der Waals surface area contributed by atoms with Crippen LogP contribution in [0.4, 0.5) is 0 Å². The highest BCUT2D eigenvalue weighted by atomic mass is 32.1. The van der Waals surface area contributed by atoms with E-state index in [-0.39, 0.29) is 11.9 Å². The summed E-state index contributed by atoms with van der Waals surface area (Å²) < 4.78 is 2.41. The lowest BCUT2D eigenvalue weighted by Gasteiger charge is -2.30. The summed E-state index contributed by atoms with van der Waals surface area (Å²) in [5.74, 6) is 0.762. The fourth-order valence-electron chi connectivity index (χ4n) is 3.84. The molecule has 0 fully saturated rings. The maximum Gasteiger partial charge on any atom is 0.221 e. The first kappa shape index (κ1) is 22.9. The monoisotopic (exact) mass is 437 g/mol. The molecular weight excluding hydrogens is 406 g/mol. The quantitative estimate of drug-likeness (QED) is 0.458. The Bertz CT molecular complexity index is 1040. The van der Waals surface area contributed by atoms with Gasteiger partial charge in [-0.25, -0.2) is 0 Å². The van der Waals surface area contributed by atoms with Crippen molar-refractivity contribution in [1.29, 1.82) is 0 Å². The van der Waals surface area contributed by atoms with Crippen LogP contribution < -0.4 is 5.32 Å². The number of likely N-dealkylation sites (N-methyl/N-ethyl adjacent to an activating group) is 1. The van der Waals surface area contributed by atoms with Crippen molar-refractivity contribution in [3.63, 3.8) is 0 Å². The van der Waals surface area contributed by atoms with Gasteiger partial charge in [-0.15, -0.1) is 0 Å². The van der Waals surface area contributed by atoms with E-state index in [4.69, 9.17) is 12.2 Å². The van der Waals surface area contributed by atoms with Gasteiger partial charge in [-0.05, 0) is 43.9 Å². The summed E-state index contributed by atoms with van der Waals surface area (Å²) in [6, 6.07) is 18.6. The summed E-state index contributed by atoms with van der Waals surface area (Å²) in [7, 11) is 0. The van der Waals surface area contributed by atoms with Crippen LogP contribution in [0.15, 0.2) is 54.6 Å². The molecule has 3 rings (SSSR count). The highest BCUT2D eigenvalue weighted by Gasteiger charge is 2.19. The van der Waals surface area contributed by atoms with Gasteiger partial charge in [0.05, 0.1) is 6.04 Å². The van der Waals surface area contributed by atoms with E-state index in [2.05, 4.69) is 52.5 Å². The molecule has 0 saturated heterocycles. The average Bonchev–Trinajstić information content (AvgIpc) is 3.16. The second-order valence-electron chi connectivity index (χ2n) is 7.58. The lowest BCUT2D eigenvalue weighted by Crippen LogP contribution is -2.38. The number of hydrogen-bond acceptors (Lipinski definition) is 4. The molecule has 0 radical (unpaired) electrons. The van der Waals surface area contributed by atoms with Crippen molar-refractivity contribution in [2.45, 2.75) is 39.8 Å². The second-order valence-corrected chi connectivity index (χ2v) is 7.96. The van der Waals surface area contributed by atoms with Gasteiger partial charge in [-0.1, -0.05) is 67.9 Å². The van der Waals surface area contributed by atoms with Crippen LogP contribution in [0.5, 0.6) is 0 Å². The highest BCUT2D eigenvalue weighted by molar-refractivity contribution is 7.71. The topological polar surface area (TPSA) is 66.0 Å². The van der Waals surface area contributed by atoms with E-state index in [0.717, 1.165) is 30.0 Å². The van der Waals surface area contributed by atoms with Crippen LogP contribution in [-0.2, 0) is 11.3 Å². The maximum absolute atomic E-state index is 12.7. The first-order valence-corrected chi connectivity index (χ1v) is 11.2. The van der Waals surface area contributed by atoms with Gasteiger partial charge in [0.15, 0.2) is 10.6 Å². The van der Waals surface area contributed by atoms with Gasteiger partial charge in [-0.2, -0.15) is 5.10 Å². The van der Waals surface area contributed by atoms with Gasteiger partial charge in [0.2, 0.25) is 5.91 Å². The number of carbonyl (C=O) groups excluding carboxylic acids is 1. The van der Waals surface area contributed by atoms with Gasteiger partial charge in [0.25, 0.3) is 0 Å². The number of nitrogens with zero attached hydrogens (tertiary/aromatic N) is 3. The van der Waals surface area contributed by atoms with E-state index in [1.54, 1.807) is 0 Å². The van der Waals surface area contributed by atoms with E-state index >= 15 is 0 Å². The third-order valence-electron chi connectivity index (χ3n) is 5.53. The largest absolute Gasteiger partial charge is 0.354 e. The molecule has 2 aromatic carbocycles. The van der Waals surface area contributed by atoms with Crippen LogP contribution >= 0.6 is 12.2 Å². The normalized spacial score (nSPS) is 12.1. The number of aromatic amines is 1. The third-order valence-corrected chi connectivity index (χ3v) is 5.84. The smallest absolute Gasteiger partial charge is 0.221 e. The van der Waals surface area contributed by atoms with Crippen LogP contribution in [0.3, 0.4) is 0 Å². The molecule has 2 N–H and O–H groups in total. The Morgan fingerprint density at radius 3 is 2.58 bits per heavy atom. The number of aromatic nitrogens is 3. The van der Waals surface area contributed by atoms with Crippen molar-refractivity contribution in [3.05, 3.63) is 70.5 Å². The zero-order chi connectivity index (χ0) is 22.2. The van der Waals surface area contributed by atoms with E-state index in [0.29, 0.717) is 24.3 Å². The summed E-state index contributed by atoms with van der Waals surface area (Å²) >= 11 is 5.40.